The molecule has 0 aliphatic carbocycles. The highest BCUT2D eigenvalue weighted by molar-refractivity contribution is 5.74. The normalized spacial score (nSPS) is 12.2. The van der Waals surface area contributed by atoms with Gasteiger partial charge in [-0.15, -0.1) is 0 Å². The summed E-state index contributed by atoms with van der Waals surface area (Å²) >= 11 is 0. The molecule has 106 valence electrons. The number of carboxylic acids is 1. The van der Waals surface area contributed by atoms with Gasteiger partial charge in [0.25, 0.3) is 0 Å². The highest BCUT2D eigenvalue weighted by Crippen LogP contribution is 2.00. The standard InChI is InChI=1S/C12H24N2O4/c1-9(2)18-8-7-13-12(17)14-10(3)5-4-6-11(15)16/h9-10H,4-8H2,1-3H3,(H,15,16)(H2,13,14,17). The molecule has 1 atom stereocenters. The molecular weight excluding hydrogens is 236 g/mol. The summed E-state index contributed by atoms with van der Waals surface area (Å²) in [6.07, 6.45) is 1.51. The van der Waals surface area contributed by atoms with Crippen molar-refractivity contribution < 1.29 is 19.4 Å². The molecule has 0 saturated carbocycles. The van der Waals surface area contributed by atoms with Crippen LogP contribution in [0.5, 0.6) is 0 Å². The molecule has 0 radical (unpaired) electrons. The van der Waals surface area contributed by atoms with E-state index in [9.17, 15) is 9.59 Å². The molecule has 0 rings (SSSR count). The van der Waals surface area contributed by atoms with E-state index < -0.39 is 5.97 Å². The molecule has 0 spiro atoms. The van der Waals surface area contributed by atoms with Gasteiger partial charge in [-0.3, -0.25) is 4.79 Å². The highest BCUT2D eigenvalue weighted by Gasteiger charge is 2.07. The van der Waals surface area contributed by atoms with E-state index in [-0.39, 0.29) is 24.6 Å². The van der Waals surface area contributed by atoms with E-state index in [4.69, 9.17) is 9.84 Å². The summed E-state index contributed by atoms with van der Waals surface area (Å²) in [7, 11) is 0. The van der Waals surface area contributed by atoms with Crippen LogP contribution in [0.15, 0.2) is 0 Å². The van der Waals surface area contributed by atoms with E-state index in [1.165, 1.54) is 0 Å². The summed E-state index contributed by atoms with van der Waals surface area (Å²) < 4.78 is 5.28. The van der Waals surface area contributed by atoms with Gasteiger partial charge in [0.2, 0.25) is 0 Å². The van der Waals surface area contributed by atoms with Gasteiger partial charge in [0.15, 0.2) is 0 Å². The molecule has 0 aromatic carbocycles. The number of hydrogen-bond donors (Lipinski definition) is 3. The molecule has 0 heterocycles. The average molecular weight is 260 g/mol. The smallest absolute Gasteiger partial charge is 0.315 e. The van der Waals surface area contributed by atoms with Crippen LogP contribution < -0.4 is 10.6 Å². The number of hydrogen-bond acceptors (Lipinski definition) is 3. The first-order chi connectivity index (χ1) is 8.41. The second kappa shape index (κ2) is 9.70. The lowest BCUT2D eigenvalue weighted by Gasteiger charge is -2.14. The zero-order valence-electron chi connectivity index (χ0n) is 11.4. The number of nitrogens with one attached hydrogen (secondary N) is 2. The predicted octanol–water partition coefficient (Wildman–Crippen LogP) is 1.35. The summed E-state index contributed by atoms with van der Waals surface area (Å²) in [5, 5.41) is 13.9. The Bertz CT molecular complexity index is 256. The van der Waals surface area contributed by atoms with Gasteiger partial charge < -0.3 is 20.5 Å². The molecule has 6 nitrogen and oxygen atoms in total. The Morgan fingerprint density at radius 2 is 1.94 bits per heavy atom. The maximum absolute atomic E-state index is 11.4. The van der Waals surface area contributed by atoms with E-state index in [0.29, 0.717) is 26.0 Å². The monoisotopic (exact) mass is 260 g/mol. The van der Waals surface area contributed by atoms with Crippen molar-refractivity contribution >= 4 is 12.0 Å². The Labute approximate surface area is 108 Å². The summed E-state index contributed by atoms with van der Waals surface area (Å²) in [6, 6.07) is -0.277. The summed E-state index contributed by atoms with van der Waals surface area (Å²) in [4.78, 5) is 21.7. The number of carboxylic acid groups (broad SMARTS) is 1. The van der Waals surface area contributed by atoms with E-state index in [2.05, 4.69) is 10.6 Å². The third-order valence-electron chi connectivity index (χ3n) is 2.24. The van der Waals surface area contributed by atoms with Gasteiger partial charge in [0, 0.05) is 19.0 Å². The van der Waals surface area contributed by atoms with Crippen molar-refractivity contribution in [3.05, 3.63) is 0 Å². The van der Waals surface area contributed by atoms with Crippen molar-refractivity contribution in [3.63, 3.8) is 0 Å². The molecule has 0 aromatic heterocycles. The van der Waals surface area contributed by atoms with E-state index in [1.807, 2.05) is 20.8 Å². The minimum atomic E-state index is -0.808. The Kier molecular flexibility index (Phi) is 9.00. The van der Waals surface area contributed by atoms with Crippen molar-refractivity contribution in [3.8, 4) is 0 Å². The highest BCUT2D eigenvalue weighted by atomic mass is 16.5. The predicted molar refractivity (Wildman–Crippen MR) is 68.6 cm³/mol. The van der Waals surface area contributed by atoms with Gasteiger partial charge in [-0.25, -0.2) is 4.79 Å². The molecular formula is C12H24N2O4. The zero-order chi connectivity index (χ0) is 14.0. The van der Waals surface area contributed by atoms with Gasteiger partial charge in [-0.2, -0.15) is 0 Å². The Morgan fingerprint density at radius 1 is 1.28 bits per heavy atom. The van der Waals surface area contributed by atoms with Crippen LogP contribution in [0.25, 0.3) is 0 Å². The molecule has 0 aromatic rings. The molecule has 6 heteroatoms. The van der Waals surface area contributed by atoms with Crippen molar-refractivity contribution in [1.82, 2.24) is 10.6 Å². The van der Waals surface area contributed by atoms with Crippen LogP contribution in [0.2, 0.25) is 0 Å². The maximum atomic E-state index is 11.4. The lowest BCUT2D eigenvalue weighted by atomic mass is 10.1. The quantitative estimate of drug-likeness (QED) is 0.546. The van der Waals surface area contributed by atoms with Crippen LogP contribution in [-0.2, 0) is 9.53 Å². The molecule has 0 saturated heterocycles. The van der Waals surface area contributed by atoms with Gasteiger partial charge in [0.05, 0.1) is 12.7 Å². The SMILES string of the molecule is CC(CCCC(=O)O)NC(=O)NCCOC(C)C. The van der Waals surface area contributed by atoms with Crippen LogP contribution in [0, 0.1) is 0 Å². The molecule has 0 aliphatic heterocycles. The van der Waals surface area contributed by atoms with Gasteiger partial charge in [-0.05, 0) is 33.6 Å². The number of aliphatic carboxylic acids is 1. The molecule has 1 unspecified atom stereocenters. The first-order valence-corrected chi connectivity index (χ1v) is 6.29. The molecule has 18 heavy (non-hydrogen) atoms. The molecule has 3 N–H and O–H groups in total. The summed E-state index contributed by atoms with van der Waals surface area (Å²) in [6.45, 7) is 6.67. The first kappa shape index (κ1) is 16.7. The second-order valence-electron chi connectivity index (χ2n) is 4.51. The van der Waals surface area contributed by atoms with E-state index >= 15 is 0 Å². The Balaban J connectivity index is 3.52. The Morgan fingerprint density at radius 3 is 2.50 bits per heavy atom. The number of amides is 2. The zero-order valence-corrected chi connectivity index (χ0v) is 11.4. The van der Waals surface area contributed by atoms with Crippen molar-refractivity contribution in [2.75, 3.05) is 13.2 Å². The van der Waals surface area contributed by atoms with Gasteiger partial charge in [-0.1, -0.05) is 0 Å². The van der Waals surface area contributed by atoms with Crippen LogP contribution in [0.1, 0.15) is 40.0 Å². The number of urea groups is 1. The largest absolute Gasteiger partial charge is 0.481 e. The number of ether oxygens (including phenoxy) is 1. The number of carbonyl (C=O) groups is 2. The fraction of sp³-hybridized carbons (Fsp3) is 0.833. The van der Waals surface area contributed by atoms with Crippen LogP contribution >= 0.6 is 0 Å². The van der Waals surface area contributed by atoms with Crippen molar-refractivity contribution in [1.29, 1.82) is 0 Å². The third-order valence-corrected chi connectivity index (χ3v) is 2.24. The third kappa shape index (κ3) is 11.2. The van der Waals surface area contributed by atoms with Crippen LogP contribution in [0.4, 0.5) is 4.79 Å². The lowest BCUT2D eigenvalue weighted by Crippen LogP contribution is -2.42. The molecule has 2 amide bonds. The first-order valence-electron chi connectivity index (χ1n) is 6.29. The fourth-order valence-corrected chi connectivity index (χ4v) is 1.37. The minimum absolute atomic E-state index is 0.0321. The van der Waals surface area contributed by atoms with Gasteiger partial charge in [0.1, 0.15) is 0 Å². The summed E-state index contributed by atoms with van der Waals surface area (Å²) in [5.74, 6) is -0.808. The second-order valence-corrected chi connectivity index (χ2v) is 4.51. The summed E-state index contributed by atoms with van der Waals surface area (Å²) in [5.41, 5.74) is 0. The minimum Gasteiger partial charge on any atom is -0.481 e. The number of rotatable bonds is 9. The van der Waals surface area contributed by atoms with Crippen LogP contribution in [-0.4, -0.2) is 42.4 Å². The van der Waals surface area contributed by atoms with E-state index in [1.54, 1.807) is 0 Å². The maximum Gasteiger partial charge on any atom is 0.315 e. The van der Waals surface area contributed by atoms with Crippen LogP contribution in [0.3, 0.4) is 0 Å². The van der Waals surface area contributed by atoms with Gasteiger partial charge >= 0.3 is 12.0 Å². The van der Waals surface area contributed by atoms with Crippen molar-refractivity contribution in [2.45, 2.75) is 52.2 Å². The molecule has 0 fully saturated rings. The van der Waals surface area contributed by atoms with E-state index in [0.717, 1.165) is 0 Å². The lowest BCUT2D eigenvalue weighted by molar-refractivity contribution is -0.137. The topological polar surface area (TPSA) is 87.7 Å². The fourth-order valence-electron chi connectivity index (χ4n) is 1.37. The number of carbonyl (C=O) groups excluding carboxylic acids is 1. The Hall–Kier alpha value is -1.30. The average Bonchev–Trinajstić information content (AvgIpc) is 2.23. The molecule has 0 aliphatic rings. The van der Waals surface area contributed by atoms with Crippen molar-refractivity contribution in [2.24, 2.45) is 0 Å². The molecule has 0 bridgehead atoms.